The van der Waals surface area contributed by atoms with Crippen LogP contribution in [0.3, 0.4) is 0 Å². The predicted octanol–water partition coefficient (Wildman–Crippen LogP) is 2.68. The SMILES string of the molecule is CC(C)(C#N)CNCc1ccc(Br)o1. The summed E-state index contributed by atoms with van der Waals surface area (Å²) >= 11 is 3.23. The normalized spacial score (nSPS) is 11.3. The van der Waals surface area contributed by atoms with Crippen molar-refractivity contribution >= 4 is 15.9 Å². The molecule has 0 aliphatic heterocycles. The molecule has 0 fully saturated rings. The molecular formula is C10H13BrN2O. The van der Waals surface area contributed by atoms with E-state index in [1.54, 1.807) is 0 Å². The number of halogens is 1. The van der Waals surface area contributed by atoms with E-state index in [0.717, 1.165) is 10.4 Å². The van der Waals surface area contributed by atoms with Crippen LogP contribution in [-0.4, -0.2) is 6.54 Å². The first kappa shape index (κ1) is 11.3. The van der Waals surface area contributed by atoms with Crippen LogP contribution >= 0.6 is 15.9 Å². The standard InChI is InChI=1S/C10H13BrN2O/c1-10(2,6-12)7-13-5-8-3-4-9(11)14-8/h3-4,13H,5,7H2,1-2H3. The lowest BCUT2D eigenvalue weighted by atomic mass is 9.96. The third kappa shape index (κ3) is 3.52. The smallest absolute Gasteiger partial charge is 0.169 e. The van der Waals surface area contributed by atoms with Crippen molar-refractivity contribution in [1.29, 1.82) is 5.26 Å². The molecule has 0 saturated carbocycles. The van der Waals surface area contributed by atoms with E-state index in [1.807, 2.05) is 26.0 Å². The van der Waals surface area contributed by atoms with Crippen LogP contribution in [0.5, 0.6) is 0 Å². The van der Waals surface area contributed by atoms with E-state index in [2.05, 4.69) is 27.3 Å². The van der Waals surface area contributed by atoms with Crippen molar-refractivity contribution in [2.24, 2.45) is 5.41 Å². The maximum absolute atomic E-state index is 8.77. The quantitative estimate of drug-likeness (QED) is 0.902. The Labute approximate surface area is 92.2 Å². The molecule has 1 N–H and O–H groups in total. The topological polar surface area (TPSA) is 49.0 Å². The molecule has 0 unspecified atom stereocenters. The number of nitriles is 1. The van der Waals surface area contributed by atoms with E-state index < -0.39 is 0 Å². The van der Waals surface area contributed by atoms with Gasteiger partial charge in [0.2, 0.25) is 0 Å². The Bertz CT molecular complexity index is 338. The fraction of sp³-hybridized carbons (Fsp3) is 0.500. The average Bonchev–Trinajstić information content (AvgIpc) is 2.51. The van der Waals surface area contributed by atoms with Crippen LogP contribution in [-0.2, 0) is 6.54 Å². The van der Waals surface area contributed by atoms with Gasteiger partial charge in [-0.05, 0) is 41.9 Å². The van der Waals surface area contributed by atoms with E-state index in [4.69, 9.17) is 9.68 Å². The summed E-state index contributed by atoms with van der Waals surface area (Å²) in [6.07, 6.45) is 0. The second-order valence-corrected chi connectivity index (χ2v) is 4.59. The Morgan fingerprint density at radius 1 is 1.57 bits per heavy atom. The number of nitrogens with one attached hydrogen (secondary N) is 1. The van der Waals surface area contributed by atoms with Crippen LogP contribution in [0.2, 0.25) is 0 Å². The molecule has 1 rings (SSSR count). The lowest BCUT2D eigenvalue weighted by Gasteiger charge is -2.14. The molecule has 0 aromatic carbocycles. The van der Waals surface area contributed by atoms with Crippen molar-refractivity contribution in [3.8, 4) is 6.07 Å². The van der Waals surface area contributed by atoms with E-state index in [1.165, 1.54) is 0 Å². The van der Waals surface area contributed by atoms with Gasteiger partial charge in [0.15, 0.2) is 4.67 Å². The highest BCUT2D eigenvalue weighted by molar-refractivity contribution is 9.10. The van der Waals surface area contributed by atoms with Crippen molar-refractivity contribution in [2.75, 3.05) is 6.54 Å². The summed E-state index contributed by atoms with van der Waals surface area (Å²) in [5.41, 5.74) is -0.330. The van der Waals surface area contributed by atoms with Gasteiger partial charge in [0.05, 0.1) is 18.0 Å². The van der Waals surface area contributed by atoms with Gasteiger partial charge in [0.1, 0.15) is 5.76 Å². The molecule has 3 nitrogen and oxygen atoms in total. The van der Waals surface area contributed by atoms with Crippen LogP contribution in [0.4, 0.5) is 0 Å². The van der Waals surface area contributed by atoms with E-state index in [0.29, 0.717) is 13.1 Å². The van der Waals surface area contributed by atoms with Gasteiger partial charge in [-0.1, -0.05) is 0 Å². The van der Waals surface area contributed by atoms with Gasteiger partial charge in [-0.25, -0.2) is 0 Å². The zero-order valence-electron chi connectivity index (χ0n) is 8.30. The zero-order chi connectivity index (χ0) is 10.6. The summed E-state index contributed by atoms with van der Waals surface area (Å²) in [5.74, 6) is 0.866. The lowest BCUT2D eigenvalue weighted by Crippen LogP contribution is -2.27. The summed E-state index contributed by atoms with van der Waals surface area (Å²) in [5, 5.41) is 11.9. The van der Waals surface area contributed by atoms with Crippen LogP contribution in [0.25, 0.3) is 0 Å². The van der Waals surface area contributed by atoms with E-state index in [-0.39, 0.29) is 5.41 Å². The lowest BCUT2D eigenvalue weighted by molar-refractivity contribution is 0.412. The molecule has 1 aromatic heterocycles. The van der Waals surface area contributed by atoms with Gasteiger partial charge in [-0.2, -0.15) is 5.26 Å². The zero-order valence-corrected chi connectivity index (χ0v) is 9.89. The van der Waals surface area contributed by atoms with Gasteiger partial charge in [-0.15, -0.1) is 0 Å². The van der Waals surface area contributed by atoms with Crippen molar-refractivity contribution in [1.82, 2.24) is 5.32 Å². The van der Waals surface area contributed by atoms with Crippen molar-refractivity contribution in [2.45, 2.75) is 20.4 Å². The number of hydrogen-bond donors (Lipinski definition) is 1. The Balaban J connectivity index is 2.33. The molecule has 1 heterocycles. The summed E-state index contributed by atoms with van der Waals surface area (Å²) in [6, 6.07) is 5.98. The minimum Gasteiger partial charge on any atom is -0.453 e. The maximum Gasteiger partial charge on any atom is 0.169 e. The summed E-state index contributed by atoms with van der Waals surface area (Å²) < 4.78 is 6.03. The first-order valence-electron chi connectivity index (χ1n) is 4.40. The van der Waals surface area contributed by atoms with Crippen molar-refractivity contribution in [3.63, 3.8) is 0 Å². The predicted molar refractivity (Wildman–Crippen MR) is 57.5 cm³/mol. The van der Waals surface area contributed by atoms with Gasteiger partial charge in [-0.3, -0.25) is 0 Å². The molecule has 1 aromatic rings. The van der Waals surface area contributed by atoms with Crippen LogP contribution < -0.4 is 5.32 Å². The summed E-state index contributed by atoms with van der Waals surface area (Å²) in [7, 11) is 0. The number of furan rings is 1. The van der Waals surface area contributed by atoms with Crippen molar-refractivity contribution in [3.05, 3.63) is 22.6 Å². The second kappa shape index (κ2) is 4.63. The summed E-state index contributed by atoms with van der Waals surface area (Å²) in [4.78, 5) is 0. The Kier molecular flexibility index (Phi) is 3.73. The first-order chi connectivity index (χ1) is 6.53. The minimum absolute atomic E-state index is 0.330. The van der Waals surface area contributed by atoms with Gasteiger partial charge < -0.3 is 9.73 Å². The third-order valence-electron chi connectivity index (χ3n) is 1.80. The number of nitrogens with zero attached hydrogens (tertiary/aromatic N) is 1. The second-order valence-electron chi connectivity index (χ2n) is 3.81. The highest BCUT2D eigenvalue weighted by atomic mass is 79.9. The van der Waals surface area contributed by atoms with E-state index in [9.17, 15) is 0 Å². The third-order valence-corrected chi connectivity index (χ3v) is 2.22. The average molecular weight is 257 g/mol. The molecule has 0 saturated heterocycles. The molecule has 76 valence electrons. The molecule has 0 aliphatic rings. The van der Waals surface area contributed by atoms with Crippen LogP contribution in [0.1, 0.15) is 19.6 Å². The molecular weight excluding hydrogens is 244 g/mol. The number of rotatable bonds is 4. The highest BCUT2D eigenvalue weighted by Crippen LogP contribution is 2.15. The molecule has 0 amide bonds. The Hall–Kier alpha value is -0.790. The Morgan fingerprint density at radius 3 is 2.79 bits per heavy atom. The molecule has 0 aliphatic carbocycles. The molecule has 0 atom stereocenters. The summed E-state index contributed by atoms with van der Waals surface area (Å²) in [6.45, 7) is 5.11. The van der Waals surface area contributed by atoms with Crippen LogP contribution in [0, 0.1) is 16.7 Å². The largest absolute Gasteiger partial charge is 0.453 e. The molecule has 0 radical (unpaired) electrons. The molecule has 0 bridgehead atoms. The van der Waals surface area contributed by atoms with Crippen molar-refractivity contribution < 1.29 is 4.42 Å². The minimum atomic E-state index is -0.330. The first-order valence-corrected chi connectivity index (χ1v) is 5.19. The molecule has 0 spiro atoms. The molecule has 4 heteroatoms. The fourth-order valence-electron chi connectivity index (χ4n) is 0.984. The van der Waals surface area contributed by atoms with Gasteiger partial charge in [0, 0.05) is 6.54 Å². The number of hydrogen-bond acceptors (Lipinski definition) is 3. The maximum atomic E-state index is 8.77. The van der Waals surface area contributed by atoms with Gasteiger partial charge in [0.25, 0.3) is 0 Å². The fourth-order valence-corrected chi connectivity index (χ4v) is 1.32. The van der Waals surface area contributed by atoms with Crippen LogP contribution in [0.15, 0.2) is 21.2 Å². The van der Waals surface area contributed by atoms with E-state index >= 15 is 0 Å². The Morgan fingerprint density at radius 2 is 2.29 bits per heavy atom. The monoisotopic (exact) mass is 256 g/mol. The van der Waals surface area contributed by atoms with Gasteiger partial charge >= 0.3 is 0 Å². The molecule has 14 heavy (non-hydrogen) atoms. The highest BCUT2D eigenvalue weighted by Gasteiger charge is 2.15.